The zero-order valence-electron chi connectivity index (χ0n) is 7.12. The van der Waals surface area contributed by atoms with Crippen molar-refractivity contribution in [3.63, 3.8) is 0 Å². The molecule has 0 aliphatic heterocycles. The Balaban J connectivity index is 3.70. The highest BCUT2D eigenvalue weighted by atomic mass is 16.8. The lowest BCUT2D eigenvalue weighted by atomic mass is 10.2. The molecule has 0 unspecified atom stereocenters. The van der Waals surface area contributed by atoms with Crippen LogP contribution in [0.1, 0.15) is 26.2 Å². The summed E-state index contributed by atoms with van der Waals surface area (Å²) in [7, 11) is 0. The van der Waals surface area contributed by atoms with E-state index in [4.69, 9.17) is 10.2 Å². The summed E-state index contributed by atoms with van der Waals surface area (Å²) in [5.41, 5.74) is 0. The van der Waals surface area contributed by atoms with Gasteiger partial charge in [-0.1, -0.05) is 6.08 Å². The van der Waals surface area contributed by atoms with Crippen LogP contribution in [0.2, 0.25) is 0 Å². The van der Waals surface area contributed by atoms with E-state index in [2.05, 4.69) is 11.3 Å². The monoisotopic (exact) mass is 174 g/mol. The molecule has 0 rings (SSSR count). The van der Waals surface area contributed by atoms with E-state index in [1.165, 1.54) is 0 Å². The minimum absolute atomic E-state index is 0.00139. The topological polar surface area (TPSA) is 66.8 Å². The smallest absolute Gasteiger partial charge is 0.324 e. The van der Waals surface area contributed by atoms with E-state index >= 15 is 0 Å². The van der Waals surface area contributed by atoms with Crippen molar-refractivity contribution >= 4 is 5.97 Å². The maximum Gasteiger partial charge on any atom is 0.324 e. The predicted octanol–water partition coefficient (Wildman–Crippen LogP) is 0.544. The lowest BCUT2D eigenvalue weighted by Gasteiger charge is -2.19. The number of aliphatic hydroxyl groups is 2. The SMILES string of the molecule is C=CCCCC(O)(O)OC(C)=O. The highest BCUT2D eigenvalue weighted by Gasteiger charge is 2.25. The molecule has 0 aromatic carbocycles. The minimum atomic E-state index is -2.32. The fourth-order valence-corrected chi connectivity index (χ4v) is 0.758. The lowest BCUT2D eigenvalue weighted by molar-refractivity contribution is -0.321. The zero-order valence-corrected chi connectivity index (χ0v) is 7.12. The number of rotatable bonds is 5. The van der Waals surface area contributed by atoms with E-state index in [0.29, 0.717) is 12.8 Å². The third kappa shape index (κ3) is 5.88. The number of ether oxygens (including phenoxy) is 1. The van der Waals surface area contributed by atoms with Crippen LogP contribution in [-0.4, -0.2) is 22.2 Å². The summed E-state index contributed by atoms with van der Waals surface area (Å²) in [6.07, 6.45) is 2.83. The Labute approximate surface area is 71.5 Å². The van der Waals surface area contributed by atoms with Crippen LogP contribution in [-0.2, 0) is 9.53 Å². The largest absolute Gasteiger partial charge is 0.408 e. The van der Waals surface area contributed by atoms with Gasteiger partial charge in [0.1, 0.15) is 0 Å². The maximum atomic E-state index is 10.3. The van der Waals surface area contributed by atoms with Gasteiger partial charge in [-0.25, -0.2) is 0 Å². The van der Waals surface area contributed by atoms with Gasteiger partial charge in [-0.15, -0.1) is 6.58 Å². The number of carbonyl (C=O) groups excluding carboxylic acids is 1. The van der Waals surface area contributed by atoms with E-state index in [-0.39, 0.29) is 6.42 Å². The second kappa shape index (κ2) is 4.90. The van der Waals surface area contributed by atoms with Gasteiger partial charge in [0, 0.05) is 13.3 Å². The van der Waals surface area contributed by atoms with E-state index in [1.54, 1.807) is 6.08 Å². The summed E-state index contributed by atoms with van der Waals surface area (Å²) in [5, 5.41) is 18.0. The summed E-state index contributed by atoms with van der Waals surface area (Å²) < 4.78 is 4.22. The molecule has 0 aliphatic rings. The van der Waals surface area contributed by atoms with Gasteiger partial charge in [0.15, 0.2) is 0 Å². The molecule has 0 spiro atoms. The van der Waals surface area contributed by atoms with Gasteiger partial charge in [0.25, 0.3) is 0 Å². The van der Waals surface area contributed by atoms with Crippen LogP contribution < -0.4 is 0 Å². The Bertz CT molecular complexity index is 162. The Kier molecular flexibility index (Phi) is 4.54. The quantitative estimate of drug-likeness (QED) is 0.276. The van der Waals surface area contributed by atoms with Gasteiger partial charge in [0.2, 0.25) is 0 Å². The van der Waals surface area contributed by atoms with Crippen LogP contribution in [0.4, 0.5) is 0 Å². The summed E-state index contributed by atoms with van der Waals surface area (Å²) in [6, 6.07) is 0. The summed E-state index contributed by atoms with van der Waals surface area (Å²) in [4.78, 5) is 10.3. The third-order valence-electron chi connectivity index (χ3n) is 1.22. The molecule has 4 heteroatoms. The number of unbranched alkanes of at least 4 members (excludes halogenated alkanes) is 1. The first-order valence-corrected chi connectivity index (χ1v) is 3.73. The molecular weight excluding hydrogens is 160 g/mol. The molecule has 0 aliphatic carbocycles. The summed E-state index contributed by atoms with van der Waals surface area (Å²) >= 11 is 0. The van der Waals surface area contributed by atoms with Crippen molar-refractivity contribution in [2.24, 2.45) is 0 Å². The highest BCUT2D eigenvalue weighted by Crippen LogP contribution is 2.12. The number of allylic oxidation sites excluding steroid dienone is 1. The van der Waals surface area contributed by atoms with Crippen LogP contribution in [0.15, 0.2) is 12.7 Å². The molecule has 0 bridgehead atoms. The van der Waals surface area contributed by atoms with Crippen molar-refractivity contribution < 1.29 is 19.7 Å². The van der Waals surface area contributed by atoms with Gasteiger partial charge < -0.3 is 14.9 Å². The van der Waals surface area contributed by atoms with Crippen LogP contribution in [0, 0.1) is 0 Å². The second-order valence-corrected chi connectivity index (χ2v) is 2.52. The normalized spacial score (nSPS) is 10.9. The first-order chi connectivity index (χ1) is 5.48. The van der Waals surface area contributed by atoms with E-state index in [1.807, 2.05) is 0 Å². The highest BCUT2D eigenvalue weighted by molar-refractivity contribution is 5.66. The molecule has 2 N–H and O–H groups in total. The molecule has 0 radical (unpaired) electrons. The number of hydrogen-bond acceptors (Lipinski definition) is 4. The molecule has 0 aromatic heterocycles. The Morgan fingerprint density at radius 1 is 1.67 bits per heavy atom. The van der Waals surface area contributed by atoms with E-state index < -0.39 is 11.9 Å². The van der Waals surface area contributed by atoms with Crippen LogP contribution >= 0.6 is 0 Å². The average Bonchev–Trinajstić information content (AvgIpc) is 1.84. The molecule has 0 amide bonds. The van der Waals surface area contributed by atoms with Crippen LogP contribution in [0.3, 0.4) is 0 Å². The minimum Gasteiger partial charge on any atom is -0.408 e. The van der Waals surface area contributed by atoms with Crippen molar-refractivity contribution in [2.75, 3.05) is 0 Å². The van der Waals surface area contributed by atoms with Crippen molar-refractivity contribution in [1.29, 1.82) is 0 Å². The molecule has 12 heavy (non-hydrogen) atoms. The molecule has 0 fully saturated rings. The maximum absolute atomic E-state index is 10.3. The molecule has 0 heterocycles. The zero-order chi connectivity index (χ0) is 9.61. The fourth-order valence-electron chi connectivity index (χ4n) is 0.758. The Hall–Kier alpha value is -0.870. The first-order valence-electron chi connectivity index (χ1n) is 3.73. The molecule has 4 nitrogen and oxygen atoms in total. The van der Waals surface area contributed by atoms with Gasteiger partial charge in [-0.3, -0.25) is 4.79 Å². The molecule has 0 aromatic rings. The third-order valence-corrected chi connectivity index (χ3v) is 1.22. The fraction of sp³-hybridized carbons (Fsp3) is 0.625. The number of hydrogen-bond donors (Lipinski definition) is 2. The number of esters is 1. The average molecular weight is 174 g/mol. The molecule has 0 saturated carbocycles. The molecule has 70 valence electrons. The van der Waals surface area contributed by atoms with E-state index in [9.17, 15) is 4.79 Å². The summed E-state index contributed by atoms with van der Waals surface area (Å²) in [6.45, 7) is 4.59. The van der Waals surface area contributed by atoms with Crippen molar-refractivity contribution in [1.82, 2.24) is 0 Å². The van der Waals surface area contributed by atoms with Crippen molar-refractivity contribution in [3.05, 3.63) is 12.7 Å². The van der Waals surface area contributed by atoms with Crippen LogP contribution in [0.5, 0.6) is 0 Å². The molecular formula is C8H14O4. The summed E-state index contributed by atoms with van der Waals surface area (Å²) in [5.74, 6) is -3.03. The van der Waals surface area contributed by atoms with Crippen LogP contribution in [0.25, 0.3) is 0 Å². The number of carbonyl (C=O) groups is 1. The predicted molar refractivity (Wildman–Crippen MR) is 43.0 cm³/mol. The van der Waals surface area contributed by atoms with Crippen molar-refractivity contribution in [2.45, 2.75) is 32.2 Å². The van der Waals surface area contributed by atoms with Gasteiger partial charge in [-0.05, 0) is 12.8 Å². The Morgan fingerprint density at radius 3 is 2.67 bits per heavy atom. The van der Waals surface area contributed by atoms with Gasteiger partial charge in [0.05, 0.1) is 0 Å². The van der Waals surface area contributed by atoms with E-state index in [0.717, 1.165) is 6.92 Å². The second-order valence-electron chi connectivity index (χ2n) is 2.52. The van der Waals surface area contributed by atoms with Gasteiger partial charge >= 0.3 is 11.9 Å². The molecule has 0 saturated heterocycles. The first kappa shape index (κ1) is 11.1. The lowest BCUT2D eigenvalue weighted by Crippen LogP contribution is -2.33. The molecule has 0 atom stereocenters. The Morgan fingerprint density at radius 2 is 2.25 bits per heavy atom. The standard InChI is InChI=1S/C8H14O4/c1-3-4-5-6-8(10,11)12-7(2)9/h3,10-11H,1,4-6H2,2H3. The van der Waals surface area contributed by atoms with Crippen molar-refractivity contribution in [3.8, 4) is 0 Å². The van der Waals surface area contributed by atoms with Gasteiger partial charge in [-0.2, -0.15) is 0 Å².